The van der Waals surface area contributed by atoms with Crippen molar-refractivity contribution < 1.29 is 9.53 Å². The van der Waals surface area contributed by atoms with Gasteiger partial charge in [0.05, 0.1) is 11.3 Å². The van der Waals surface area contributed by atoms with Crippen LogP contribution in [0.3, 0.4) is 0 Å². The molecule has 4 aromatic rings. The standard InChI is InChI=1S/C23H21BrN6O2/c1-13-14(2)29-30(15(13)3)21-10-22(27-16(4)26-21)32-20-7-5-19(6-8-20)28-23(31)17-9-18(24)12-25-11-17/h5-12H,1-4H3,(H,28,31). The Morgan fingerprint density at radius 2 is 1.78 bits per heavy atom. The highest BCUT2D eigenvalue weighted by Gasteiger charge is 2.13. The van der Waals surface area contributed by atoms with Gasteiger partial charge in [0.15, 0.2) is 5.82 Å². The van der Waals surface area contributed by atoms with Gasteiger partial charge in [0.25, 0.3) is 5.91 Å². The Bertz CT molecular complexity index is 1300. The summed E-state index contributed by atoms with van der Waals surface area (Å²) in [4.78, 5) is 25.3. The third-order valence-electron chi connectivity index (χ3n) is 4.97. The Hall–Kier alpha value is -3.59. The monoisotopic (exact) mass is 492 g/mol. The molecular formula is C23H21BrN6O2. The summed E-state index contributed by atoms with van der Waals surface area (Å²) in [5.74, 6) is 1.97. The third-order valence-corrected chi connectivity index (χ3v) is 5.41. The summed E-state index contributed by atoms with van der Waals surface area (Å²) in [7, 11) is 0. The quantitative estimate of drug-likeness (QED) is 0.416. The normalized spacial score (nSPS) is 10.8. The van der Waals surface area contributed by atoms with Gasteiger partial charge in [-0.05, 0) is 79.5 Å². The highest BCUT2D eigenvalue weighted by molar-refractivity contribution is 9.10. The topological polar surface area (TPSA) is 94.8 Å². The Balaban J connectivity index is 1.50. The van der Waals surface area contributed by atoms with Gasteiger partial charge in [0, 0.05) is 34.3 Å². The number of carbonyl (C=O) groups is 1. The number of ether oxygens (including phenoxy) is 1. The van der Waals surface area contributed by atoms with Gasteiger partial charge in [0.1, 0.15) is 11.6 Å². The van der Waals surface area contributed by atoms with Crippen molar-refractivity contribution in [3.63, 3.8) is 0 Å². The average molecular weight is 493 g/mol. The van der Waals surface area contributed by atoms with E-state index >= 15 is 0 Å². The number of carbonyl (C=O) groups excluding carboxylic acids is 1. The van der Waals surface area contributed by atoms with Crippen molar-refractivity contribution in [1.29, 1.82) is 0 Å². The van der Waals surface area contributed by atoms with Crippen LogP contribution in [-0.2, 0) is 0 Å². The second-order valence-corrected chi connectivity index (χ2v) is 8.21. The lowest BCUT2D eigenvalue weighted by Gasteiger charge is -2.10. The van der Waals surface area contributed by atoms with E-state index in [9.17, 15) is 4.79 Å². The number of pyridine rings is 1. The molecule has 0 unspecified atom stereocenters. The molecule has 3 heterocycles. The van der Waals surface area contributed by atoms with Crippen LogP contribution in [0.2, 0.25) is 0 Å². The highest BCUT2D eigenvalue weighted by Crippen LogP contribution is 2.24. The summed E-state index contributed by atoms with van der Waals surface area (Å²) >= 11 is 3.32. The van der Waals surface area contributed by atoms with Crippen molar-refractivity contribution in [1.82, 2.24) is 24.7 Å². The van der Waals surface area contributed by atoms with E-state index in [4.69, 9.17) is 4.74 Å². The van der Waals surface area contributed by atoms with Crippen LogP contribution in [0.1, 0.15) is 33.1 Å². The van der Waals surface area contributed by atoms with Gasteiger partial charge < -0.3 is 10.1 Å². The van der Waals surface area contributed by atoms with Gasteiger partial charge in [0.2, 0.25) is 5.88 Å². The zero-order chi connectivity index (χ0) is 22.8. The molecule has 0 bridgehead atoms. The fraction of sp³-hybridized carbons (Fsp3) is 0.174. The van der Waals surface area contributed by atoms with E-state index in [1.807, 2.05) is 27.7 Å². The summed E-state index contributed by atoms with van der Waals surface area (Å²) < 4.78 is 8.47. The summed E-state index contributed by atoms with van der Waals surface area (Å²) in [6.45, 7) is 7.82. The summed E-state index contributed by atoms with van der Waals surface area (Å²) in [6, 6.07) is 10.5. The number of aromatic nitrogens is 5. The molecule has 1 amide bonds. The first-order valence-electron chi connectivity index (χ1n) is 9.89. The van der Waals surface area contributed by atoms with Crippen molar-refractivity contribution >= 4 is 27.5 Å². The lowest BCUT2D eigenvalue weighted by molar-refractivity contribution is 0.102. The maximum Gasteiger partial charge on any atom is 0.257 e. The molecule has 0 aliphatic heterocycles. The molecule has 1 N–H and O–H groups in total. The van der Waals surface area contributed by atoms with Crippen LogP contribution in [0.15, 0.2) is 53.3 Å². The lowest BCUT2D eigenvalue weighted by atomic mass is 10.2. The molecule has 4 rings (SSSR count). The van der Waals surface area contributed by atoms with E-state index in [2.05, 4.69) is 41.3 Å². The molecule has 8 nitrogen and oxygen atoms in total. The third kappa shape index (κ3) is 4.67. The predicted octanol–water partition coefficient (Wildman–Crippen LogP) is 5.10. The van der Waals surface area contributed by atoms with Crippen molar-refractivity contribution in [2.45, 2.75) is 27.7 Å². The first-order chi connectivity index (χ1) is 15.3. The lowest BCUT2D eigenvalue weighted by Crippen LogP contribution is -2.12. The zero-order valence-electron chi connectivity index (χ0n) is 18.0. The molecular weight excluding hydrogens is 472 g/mol. The van der Waals surface area contributed by atoms with E-state index in [-0.39, 0.29) is 5.91 Å². The van der Waals surface area contributed by atoms with E-state index in [1.54, 1.807) is 47.3 Å². The number of benzene rings is 1. The van der Waals surface area contributed by atoms with Crippen LogP contribution in [0, 0.1) is 27.7 Å². The molecule has 32 heavy (non-hydrogen) atoms. The van der Waals surface area contributed by atoms with E-state index in [0.29, 0.717) is 34.5 Å². The first-order valence-corrected chi connectivity index (χ1v) is 10.7. The van der Waals surface area contributed by atoms with Crippen LogP contribution in [-0.4, -0.2) is 30.6 Å². The molecule has 9 heteroatoms. The predicted molar refractivity (Wildman–Crippen MR) is 125 cm³/mol. The van der Waals surface area contributed by atoms with Crippen molar-refractivity contribution in [3.8, 4) is 17.4 Å². The Morgan fingerprint density at radius 3 is 2.44 bits per heavy atom. The van der Waals surface area contributed by atoms with Crippen LogP contribution >= 0.6 is 15.9 Å². The van der Waals surface area contributed by atoms with Gasteiger partial charge in [-0.25, -0.2) is 9.67 Å². The molecule has 0 saturated carbocycles. The second-order valence-electron chi connectivity index (χ2n) is 7.29. The molecule has 0 aliphatic rings. The average Bonchev–Trinajstić information content (AvgIpc) is 3.02. The molecule has 0 atom stereocenters. The molecule has 1 aromatic carbocycles. The largest absolute Gasteiger partial charge is 0.439 e. The first kappa shape index (κ1) is 21.6. The number of hydrogen-bond donors (Lipinski definition) is 1. The molecule has 3 aromatic heterocycles. The van der Waals surface area contributed by atoms with Gasteiger partial charge in [-0.3, -0.25) is 9.78 Å². The minimum absolute atomic E-state index is 0.247. The van der Waals surface area contributed by atoms with Crippen molar-refractivity contribution in [3.05, 3.63) is 81.6 Å². The number of hydrogen-bond acceptors (Lipinski definition) is 6. The van der Waals surface area contributed by atoms with Crippen LogP contribution in [0.4, 0.5) is 5.69 Å². The number of nitrogens with zero attached hydrogens (tertiary/aromatic N) is 5. The van der Waals surface area contributed by atoms with Gasteiger partial charge in [-0.1, -0.05) is 0 Å². The Kier molecular flexibility index (Phi) is 6.00. The fourth-order valence-electron chi connectivity index (χ4n) is 3.10. The van der Waals surface area contributed by atoms with E-state index in [0.717, 1.165) is 21.4 Å². The molecule has 0 fully saturated rings. The molecule has 0 saturated heterocycles. The summed E-state index contributed by atoms with van der Waals surface area (Å²) in [5.41, 5.74) is 4.20. The minimum Gasteiger partial charge on any atom is -0.439 e. The SMILES string of the molecule is Cc1nc(Oc2ccc(NC(=O)c3cncc(Br)c3)cc2)cc(-n2nc(C)c(C)c2C)n1. The number of nitrogens with one attached hydrogen (secondary N) is 1. The number of anilines is 1. The smallest absolute Gasteiger partial charge is 0.257 e. The second kappa shape index (κ2) is 8.88. The minimum atomic E-state index is -0.247. The highest BCUT2D eigenvalue weighted by atomic mass is 79.9. The van der Waals surface area contributed by atoms with Crippen molar-refractivity contribution in [2.24, 2.45) is 0 Å². The van der Waals surface area contributed by atoms with Crippen LogP contribution in [0.25, 0.3) is 5.82 Å². The van der Waals surface area contributed by atoms with E-state index in [1.165, 1.54) is 6.20 Å². The number of aryl methyl sites for hydroxylation is 2. The molecule has 162 valence electrons. The van der Waals surface area contributed by atoms with Crippen molar-refractivity contribution in [2.75, 3.05) is 5.32 Å². The number of amides is 1. The number of rotatable bonds is 5. The maximum absolute atomic E-state index is 12.4. The molecule has 0 spiro atoms. The molecule has 0 aliphatic carbocycles. The van der Waals surface area contributed by atoms with Gasteiger partial charge in [-0.2, -0.15) is 10.1 Å². The van der Waals surface area contributed by atoms with Gasteiger partial charge in [-0.15, -0.1) is 0 Å². The maximum atomic E-state index is 12.4. The zero-order valence-corrected chi connectivity index (χ0v) is 19.6. The van der Waals surface area contributed by atoms with Crippen LogP contribution in [0.5, 0.6) is 11.6 Å². The Labute approximate surface area is 193 Å². The van der Waals surface area contributed by atoms with Crippen LogP contribution < -0.4 is 10.1 Å². The van der Waals surface area contributed by atoms with Gasteiger partial charge >= 0.3 is 0 Å². The Morgan fingerprint density at radius 1 is 1.03 bits per heavy atom. The summed E-state index contributed by atoms with van der Waals surface area (Å²) in [6.07, 6.45) is 3.14. The van der Waals surface area contributed by atoms with E-state index < -0.39 is 0 Å². The molecule has 0 radical (unpaired) electrons. The fourth-order valence-corrected chi connectivity index (χ4v) is 3.46. The summed E-state index contributed by atoms with van der Waals surface area (Å²) in [5, 5.41) is 7.40. The number of halogens is 1.